The molecule has 25 heavy (non-hydrogen) atoms. The minimum Gasteiger partial charge on any atom is -0.489 e. The van der Waals surface area contributed by atoms with Crippen LogP contribution in [0.4, 0.5) is 0 Å². The number of aliphatic hydroxyl groups is 1. The summed E-state index contributed by atoms with van der Waals surface area (Å²) in [4.78, 5) is 4.81. The number of unbranched alkanes of at least 4 members (excludes halogenated alkanes) is 6. The van der Waals surface area contributed by atoms with E-state index in [0.717, 1.165) is 48.0 Å². The third kappa shape index (κ3) is 6.48. The quantitative estimate of drug-likeness (QED) is 0.502. The van der Waals surface area contributed by atoms with Gasteiger partial charge < -0.3 is 9.84 Å². The molecule has 138 valence electrons. The first kappa shape index (κ1) is 20.0. The van der Waals surface area contributed by atoms with Crippen LogP contribution in [0.25, 0.3) is 10.9 Å². The molecule has 0 atom stereocenters. The Kier molecular flexibility index (Phi) is 8.50. The molecule has 1 aromatic carbocycles. The van der Waals surface area contributed by atoms with Crippen LogP contribution in [0.3, 0.4) is 0 Å². The number of hydrogen-bond acceptors (Lipinski definition) is 3. The van der Waals surface area contributed by atoms with E-state index >= 15 is 0 Å². The van der Waals surface area contributed by atoms with Crippen LogP contribution in [0.5, 0.6) is 5.75 Å². The second-order valence-corrected chi connectivity index (χ2v) is 7.27. The van der Waals surface area contributed by atoms with Crippen molar-refractivity contribution in [2.75, 3.05) is 6.61 Å². The molecule has 0 spiro atoms. The summed E-state index contributed by atoms with van der Waals surface area (Å²) in [5.41, 5.74) is 1.96. The van der Waals surface area contributed by atoms with Gasteiger partial charge in [-0.3, -0.25) is 0 Å². The molecule has 0 saturated heterocycles. The van der Waals surface area contributed by atoms with E-state index in [0.29, 0.717) is 11.6 Å². The predicted octanol–water partition coefficient (Wildman–Crippen LogP) is 5.94. The Hall–Kier alpha value is -1.32. The first-order valence-corrected chi connectivity index (χ1v) is 9.85. The molecule has 1 N–H and O–H groups in total. The lowest BCUT2D eigenvalue weighted by molar-refractivity contribution is 0.245. The number of aryl methyl sites for hydroxylation is 1. The molecule has 0 aliphatic carbocycles. The Bertz CT molecular complexity index is 658. The van der Waals surface area contributed by atoms with Gasteiger partial charge in [0.1, 0.15) is 11.3 Å². The Morgan fingerprint density at radius 2 is 1.64 bits per heavy atom. The molecule has 0 aliphatic heterocycles. The van der Waals surface area contributed by atoms with Gasteiger partial charge in [0.25, 0.3) is 0 Å². The Labute approximate surface area is 156 Å². The van der Waals surface area contributed by atoms with Crippen LogP contribution in [0.1, 0.15) is 64.5 Å². The molecule has 0 amide bonds. The van der Waals surface area contributed by atoms with E-state index in [2.05, 4.69) is 12.1 Å². The van der Waals surface area contributed by atoms with E-state index in [9.17, 15) is 0 Å². The summed E-state index contributed by atoms with van der Waals surface area (Å²) < 4.78 is 5.89. The summed E-state index contributed by atoms with van der Waals surface area (Å²) in [6, 6.07) is 7.92. The molecular weight excluding hydrogens is 334 g/mol. The number of pyridine rings is 1. The smallest absolute Gasteiger partial charge is 0.146 e. The number of ether oxygens (including phenoxy) is 1. The van der Waals surface area contributed by atoms with Gasteiger partial charge in [0.2, 0.25) is 0 Å². The normalized spacial score (nSPS) is 11.4. The lowest BCUT2D eigenvalue weighted by atomic mass is 10.1. The number of aliphatic hydroxyl groups excluding tert-OH is 1. The zero-order chi connectivity index (χ0) is 18.1. The van der Waals surface area contributed by atoms with Crippen molar-refractivity contribution in [3.05, 3.63) is 35.0 Å². The number of nitrogens with zero attached hydrogens (tertiary/aromatic N) is 1. The summed E-state index contributed by atoms with van der Waals surface area (Å²) in [7, 11) is 0. The lowest BCUT2D eigenvalue weighted by Crippen LogP contribution is -2.06. The van der Waals surface area contributed by atoms with Gasteiger partial charge in [0.05, 0.1) is 11.1 Å². The summed E-state index contributed by atoms with van der Waals surface area (Å²) in [5.74, 6) is 0.806. The van der Waals surface area contributed by atoms with Crippen molar-refractivity contribution in [1.29, 1.82) is 0 Å². The molecule has 2 aromatic rings. The van der Waals surface area contributed by atoms with Gasteiger partial charge >= 0.3 is 0 Å². The number of fused-ring (bicyclic) bond motifs is 1. The molecular formula is C21H30ClNO2. The molecule has 0 aliphatic rings. The summed E-state index contributed by atoms with van der Waals surface area (Å²) in [5, 5.41) is 10.4. The van der Waals surface area contributed by atoms with Gasteiger partial charge in [-0.15, -0.1) is 0 Å². The number of benzene rings is 1. The van der Waals surface area contributed by atoms with Crippen LogP contribution in [0, 0.1) is 0 Å². The number of halogens is 1. The summed E-state index contributed by atoms with van der Waals surface area (Å²) >= 11 is 6.30. The van der Waals surface area contributed by atoms with E-state index in [1.54, 1.807) is 0 Å². The van der Waals surface area contributed by atoms with E-state index in [4.69, 9.17) is 26.4 Å². The molecule has 1 heterocycles. The van der Waals surface area contributed by atoms with Crippen molar-refractivity contribution < 1.29 is 9.84 Å². The third-order valence-corrected chi connectivity index (χ3v) is 4.61. The van der Waals surface area contributed by atoms with Crippen LogP contribution < -0.4 is 4.74 Å². The van der Waals surface area contributed by atoms with Crippen LogP contribution in [0.15, 0.2) is 24.3 Å². The fourth-order valence-electron chi connectivity index (χ4n) is 2.99. The molecule has 0 unspecified atom stereocenters. The highest BCUT2D eigenvalue weighted by Gasteiger charge is 2.10. The maximum Gasteiger partial charge on any atom is 0.146 e. The second-order valence-electron chi connectivity index (χ2n) is 6.86. The minimum atomic E-state index is 0.112. The molecule has 0 radical (unpaired) electrons. The van der Waals surface area contributed by atoms with Crippen molar-refractivity contribution in [3.8, 4) is 5.75 Å². The number of aromatic nitrogens is 1. The second kappa shape index (κ2) is 10.6. The van der Waals surface area contributed by atoms with Gasteiger partial charge in [0, 0.05) is 17.7 Å². The van der Waals surface area contributed by atoms with Crippen LogP contribution in [-0.4, -0.2) is 22.8 Å². The monoisotopic (exact) mass is 363 g/mol. The Morgan fingerprint density at radius 3 is 2.32 bits per heavy atom. The Balaban J connectivity index is 1.91. The SMILES string of the molecule is CC(C)Oc1ccc(Cl)c2ccc(CCCCCCCCCO)nc12. The third-order valence-electron chi connectivity index (χ3n) is 4.28. The molecule has 0 bridgehead atoms. The van der Waals surface area contributed by atoms with Crippen molar-refractivity contribution >= 4 is 22.5 Å². The summed E-state index contributed by atoms with van der Waals surface area (Å²) in [6.07, 6.45) is 9.29. The van der Waals surface area contributed by atoms with Gasteiger partial charge in [-0.1, -0.05) is 43.7 Å². The number of rotatable bonds is 11. The fraction of sp³-hybridized carbons (Fsp3) is 0.571. The molecule has 2 rings (SSSR count). The van der Waals surface area contributed by atoms with Gasteiger partial charge in [-0.2, -0.15) is 0 Å². The largest absolute Gasteiger partial charge is 0.489 e. The van der Waals surface area contributed by atoms with Gasteiger partial charge in [-0.05, 0) is 57.4 Å². The average molecular weight is 364 g/mol. The highest BCUT2D eigenvalue weighted by molar-refractivity contribution is 6.35. The predicted molar refractivity (Wildman–Crippen MR) is 106 cm³/mol. The van der Waals surface area contributed by atoms with E-state index in [1.807, 2.05) is 26.0 Å². The highest BCUT2D eigenvalue weighted by Crippen LogP contribution is 2.31. The van der Waals surface area contributed by atoms with Crippen molar-refractivity contribution in [2.24, 2.45) is 0 Å². The highest BCUT2D eigenvalue weighted by atomic mass is 35.5. The molecule has 3 nitrogen and oxygen atoms in total. The van der Waals surface area contributed by atoms with E-state index in [-0.39, 0.29) is 6.10 Å². The minimum absolute atomic E-state index is 0.112. The van der Waals surface area contributed by atoms with Gasteiger partial charge in [-0.25, -0.2) is 4.98 Å². The van der Waals surface area contributed by atoms with Crippen LogP contribution in [0.2, 0.25) is 5.02 Å². The van der Waals surface area contributed by atoms with Crippen LogP contribution >= 0.6 is 11.6 Å². The topological polar surface area (TPSA) is 42.4 Å². The molecule has 1 aromatic heterocycles. The maximum absolute atomic E-state index is 8.77. The fourth-order valence-corrected chi connectivity index (χ4v) is 3.20. The molecule has 0 saturated carbocycles. The first-order chi connectivity index (χ1) is 12.1. The van der Waals surface area contributed by atoms with Crippen LogP contribution in [-0.2, 0) is 6.42 Å². The molecule has 0 fully saturated rings. The van der Waals surface area contributed by atoms with E-state index < -0.39 is 0 Å². The standard InChI is InChI=1S/C21H30ClNO2/c1-16(2)25-20-14-13-19(22)18-12-11-17(23-21(18)20)10-8-6-4-3-5-7-9-15-24/h11-14,16,24H,3-10,15H2,1-2H3. The van der Waals surface area contributed by atoms with Crippen molar-refractivity contribution in [3.63, 3.8) is 0 Å². The Morgan fingerprint density at radius 1 is 0.960 bits per heavy atom. The zero-order valence-electron chi connectivity index (χ0n) is 15.4. The molecule has 4 heteroatoms. The van der Waals surface area contributed by atoms with E-state index in [1.165, 1.54) is 25.7 Å². The van der Waals surface area contributed by atoms with Crippen molar-refractivity contribution in [1.82, 2.24) is 4.98 Å². The lowest BCUT2D eigenvalue weighted by Gasteiger charge is -2.13. The summed E-state index contributed by atoms with van der Waals surface area (Å²) in [6.45, 7) is 4.36. The van der Waals surface area contributed by atoms with Gasteiger partial charge in [0.15, 0.2) is 0 Å². The maximum atomic E-state index is 8.77. The zero-order valence-corrected chi connectivity index (χ0v) is 16.2. The average Bonchev–Trinajstić information content (AvgIpc) is 2.59. The first-order valence-electron chi connectivity index (χ1n) is 9.47. The van der Waals surface area contributed by atoms with Crippen molar-refractivity contribution in [2.45, 2.75) is 71.3 Å². The number of hydrogen-bond donors (Lipinski definition) is 1.